The molecule has 1 heterocycles. The predicted octanol–water partition coefficient (Wildman–Crippen LogP) is 1.49. The Morgan fingerprint density at radius 2 is 2.33 bits per heavy atom. The van der Waals surface area contributed by atoms with Gasteiger partial charge in [0.1, 0.15) is 0 Å². The van der Waals surface area contributed by atoms with Crippen LogP contribution in [0.2, 0.25) is 0 Å². The molecule has 0 spiro atoms. The van der Waals surface area contributed by atoms with E-state index in [1.54, 1.807) is 0 Å². The van der Waals surface area contributed by atoms with Crippen LogP contribution in [0.5, 0.6) is 0 Å². The van der Waals surface area contributed by atoms with Crippen molar-refractivity contribution in [2.24, 2.45) is 5.92 Å². The van der Waals surface area contributed by atoms with Gasteiger partial charge in [-0.2, -0.15) is 0 Å². The van der Waals surface area contributed by atoms with Crippen molar-refractivity contribution in [3.63, 3.8) is 0 Å². The zero-order valence-corrected chi connectivity index (χ0v) is 8.29. The molecule has 1 aliphatic rings. The predicted molar refractivity (Wildman–Crippen MR) is 51.1 cm³/mol. The van der Waals surface area contributed by atoms with Crippen LogP contribution in [0, 0.1) is 5.92 Å². The maximum Gasteiger partial charge on any atom is 0.0639 e. The van der Waals surface area contributed by atoms with Crippen molar-refractivity contribution < 1.29 is 5.11 Å². The van der Waals surface area contributed by atoms with E-state index in [0.29, 0.717) is 0 Å². The molecule has 0 radical (unpaired) electrons. The van der Waals surface area contributed by atoms with Crippen LogP contribution in [-0.2, 0) is 0 Å². The number of likely N-dealkylation sites (tertiary alicyclic amines) is 1. The van der Waals surface area contributed by atoms with Crippen molar-refractivity contribution in [3.8, 4) is 0 Å². The molecule has 0 aromatic heterocycles. The quantitative estimate of drug-likeness (QED) is 0.695. The highest BCUT2D eigenvalue weighted by Gasteiger charge is 2.18. The SMILES string of the molecule is CCC1CCCN(C[C@H](C)O)C1. The van der Waals surface area contributed by atoms with E-state index in [0.717, 1.165) is 12.5 Å². The van der Waals surface area contributed by atoms with Gasteiger partial charge in [-0.1, -0.05) is 13.3 Å². The van der Waals surface area contributed by atoms with Gasteiger partial charge < -0.3 is 10.0 Å². The lowest BCUT2D eigenvalue weighted by Gasteiger charge is -2.32. The first-order valence-corrected chi connectivity index (χ1v) is 5.12. The lowest BCUT2D eigenvalue weighted by Crippen LogP contribution is -2.39. The topological polar surface area (TPSA) is 23.5 Å². The fraction of sp³-hybridized carbons (Fsp3) is 1.00. The molecule has 72 valence electrons. The van der Waals surface area contributed by atoms with Crippen LogP contribution in [0.15, 0.2) is 0 Å². The number of aliphatic hydroxyl groups is 1. The molecule has 1 aliphatic heterocycles. The van der Waals surface area contributed by atoms with Crippen LogP contribution in [0.25, 0.3) is 0 Å². The van der Waals surface area contributed by atoms with Gasteiger partial charge >= 0.3 is 0 Å². The number of aliphatic hydroxyl groups excluding tert-OH is 1. The van der Waals surface area contributed by atoms with Crippen molar-refractivity contribution in [1.29, 1.82) is 0 Å². The second-order valence-corrected chi connectivity index (χ2v) is 4.03. The van der Waals surface area contributed by atoms with E-state index in [-0.39, 0.29) is 6.10 Å². The van der Waals surface area contributed by atoms with Gasteiger partial charge in [0.15, 0.2) is 0 Å². The molecular weight excluding hydrogens is 150 g/mol. The van der Waals surface area contributed by atoms with E-state index >= 15 is 0 Å². The molecule has 12 heavy (non-hydrogen) atoms. The summed E-state index contributed by atoms with van der Waals surface area (Å²) in [7, 11) is 0. The summed E-state index contributed by atoms with van der Waals surface area (Å²) in [6.45, 7) is 7.37. The summed E-state index contributed by atoms with van der Waals surface area (Å²) in [5.74, 6) is 0.873. The average Bonchev–Trinajstić information content (AvgIpc) is 2.03. The Balaban J connectivity index is 2.25. The largest absolute Gasteiger partial charge is 0.392 e. The lowest BCUT2D eigenvalue weighted by atomic mass is 9.95. The van der Waals surface area contributed by atoms with Gasteiger partial charge in [-0.25, -0.2) is 0 Å². The average molecular weight is 171 g/mol. The highest BCUT2D eigenvalue weighted by Crippen LogP contribution is 2.18. The smallest absolute Gasteiger partial charge is 0.0639 e. The normalized spacial score (nSPS) is 28.8. The first-order chi connectivity index (χ1) is 5.72. The van der Waals surface area contributed by atoms with Crippen LogP contribution < -0.4 is 0 Å². The molecule has 2 nitrogen and oxygen atoms in total. The van der Waals surface area contributed by atoms with Crippen LogP contribution in [-0.4, -0.2) is 35.7 Å². The summed E-state index contributed by atoms with van der Waals surface area (Å²) < 4.78 is 0. The number of hydrogen-bond acceptors (Lipinski definition) is 2. The Morgan fingerprint density at radius 3 is 2.92 bits per heavy atom. The monoisotopic (exact) mass is 171 g/mol. The highest BCUT2D eigenvalue weighted by molar-refractivity contribution is 4.72. The summed E-state index contributed by atoms with van der Waals surface area (Å²) in [6, 6.07) is 0. The third-order valence-corrected chi connectivity index (χ3v) is 2.70. The van der Waals surface area contributed by atoms with Gasteiger partial charge in [-0.05, 0) is 32.2 Å². The highest BCUT2D eigenvalue weighted by atomic mass is 16.3. The van der Waals surface area contributed by atoms with Gasteiger partial charge in [0.25, 0.3) is 0 Å². The summed E-state index contributed by atoms with van der Waals surface area (Å²) in [4.78, 5) is 2.39. The standard InChI is InChI=1S/C10H21NO/c1-3-10-5-4-6-11(8-10)7-9(2)12/h9-10,12H,3-8H2,1-2H3/t9-,10?/m0/s1. The van der Waals surface area contributed by atoms with Gasteiger partial charge in [-0.15, -0.1) is 0 Å². The molecule has 0 aromatic carbocycles. The van der Waals surface area contributed by atoms with E-state index < -0.39 is 0 Å². The second-order valence-electron chi connectivity index (χ2n) is 4.03. The maximum atomic E-state index is 9.22. The fourth-order valence-corrected chi connectivity index (χ4v) is 2.02. The Kier molecular flexibility index (Phi) is 4.02. The first-order valence-electron chi connectivity index (χ1n) is 5.12. The number of β-amino-alcohol motifs (C(OH)–C–C–N with tert-alkyl or cyclic N) is 1. The molecule has 1 N–H and O–H groups in total. The third-order valence-electron chi connectivity index (χ3n) is 2.70. The molecule has 1 rings (SSSR count). The van der Waals surface area contributed by atoms with Crippen molar-refractivity contribution in [3.05, 3.63) is 0 Å². The van der Waals surface area contributed by atoms with E-state index in [1.807, 2.05) is 6.92 Å². The zero-order chi connectivity index (χ0) is 8.97. The van der Waals surface area contributed by atoms with Crippen molar-refractivity contribution in [1.82, 2.24) is 4.90 Å². The van der Waals surface area contributed by atoms with Gasteiger partial charge in [-0.3, -0.25) is 0 Å². The summed E-state index contributed by atoms with van der Waals surface area (Å²) in [6.07, 6.45) is 3.81. The summed E-state index contributed by atoms with van der Waals surface area (Å²) in [5.41, 5.74) is 0. The molecule has 0 amide bonds. The van der Waals surface area contributed by atoms with Crippen LogP contribution in [0.1, 0.15) is 33.1 Å². The summed E-state index contributed by atoms with van der Waals surface area (Å²) in [5, 5.41) is 9.22. The molecule has 2 heteroatoms. The molecule has 0 saturated carbocycles. The van der Waals surface area contributed by atoms with E-state index in [1.165, 1.54) is 32.4 Å². The Labute approximate surface area is 75.6 Å². The van der Waals surface area contributed by atoms with Gasteiger partial charge in [0, 0.05) is 13.1 Å². The Morgan fingerprint density at radius 1 is 1.58 bits per heavy atom. The second kappa shape index (κ2) is 4.83. The van der Waals surface area contributed by atoms with Crippen LogP contribution >= 0.6 is 0 Å². The Bertz CT molecular complexity index is 125. The minimum Gasteiger partial charge on any atom is -0.392 e. The first kappa shape index (κ1) is 10.0. The molecule has 0 bridgehead atoms. The van der Waals surface area contributed by atoms with Gasteiger partial charge in [0.05, 0.1) is 6.10 Å². The molecule has 1 unspecified atom stereocenters. The van der Waals surface area contributed by atoms with E-state index in [9.17, 15) is 5.11 Å². The van der Waals surface area contributed by atoms with Crippen molar-refractivity contribution >= 4 is 0 Å². The van der Waals surface area contributed by atoms with E-state index in [2.05, 4.69) is 11.8 Å². The molecule has 0 aliphatic carbocycles. The van der Waals surface area contributed by atoms with Crippen LogP contribution in [0.4, 0.5) is 0 Å². The van der Waals surface area contributed by atoms with Crippen molar-refractivity contribution in [2.45, 2.75) is 39.2 Å². The minimum atomic E-state index is -0.166. The number of rotatable bonds is 3. The lowest BCUT2D eigenvalue weighted by molar-refractivity contribution is 0.0939. The number of nitrogens with zero attached hydrogens (tertiary/aromatic N) is 1. The zero-order valence-electron chi connectivity index (χ0n) is 8.29. The molecular formula is C10H21NO. The molecule has 1 fully saturated rings. The molecule has 1 saturated heterocycles. The third kappa shape index (κ3) is 3.11. The maximum absolute atomic E-state index is 9.22. The summed E-state index contributed by atoms with van der Waals surface area (Å²) >= 11 is 0. The Hall–Kier alpha value is -0.0800. The number of hydrogen-bond donors (Lipinski definition) is 1. The van der Waals surface area contributed by atoms with Gasteiger partial charge in [0.2, 0.25) is 0 Å². The number of piperidine rings is 1. The van der Waals surface area contributed by atoms with E-state index in [4.69, 9.17) is 0 Å². The molecule has 0 aromatic rings. The fourth-order valence-electron chi connectivity index (χ4n) is 2.02. The van der Waals surface area contributed by atoms with Crippen LogP contribution in [0.3, 0.4) is 0 Å². The molecule has 2 atom stereocenters. The van der Waals surface area contributed by atoms with Crippen molar-refractivity contribution in [2.75, 3.05) is 19.6 Å². The minimum absolute atomic E-state index is 0.166.